The number of halogens is 2. The van der Waals surface area contributed by atoms with Crippen molar-refractivity contribution >= 4 is 29.6 Å². The summed E-state index contributed by atoms with van der Waals surface area (Å²) in [5.41, 5.74) is 0.182. The summed E-state index contributed by atoms with van der Waals surface area (Å²) in [6.07, 6.45) is 8.57. The Labute approximate surface area is 193 Å². The molecule has 1 fully saturated rings. The standard InChI is InChI=1S/C14H9F2N5O3.C7H12O.CH4O/c15-9-3-1-7(5-10(9)16)19-14-21-20-13(24-14)12(23)18-8-2-4-11(22)17-6-8;8-6-7-4-2-1-3-5-7;1-2/h1-6H,(H,17,22)(H,18,23)(H,19,21);6-7H,1-5H2;2H,1H3. The molecule has 1 aliphatic carbocycles. The number of carbonyl (C=O) groups is 2. The molecule has 4 rings (SSSR count). The van der Waals surface area contributed by atoms with Gasteiger partial charge >= 0.3 is 17.8 Å². The molecule has 1 aromatic carbocycles. The molecular weight excluding hydrogens is 452 g/mol. The van der Waals surface area contributed by atoms with Crippen molar-refractivity contribution in [1.29, 1.82) is 0 Å². The molecule has 0 unspecified atom stereocenters. The third-order valence-corrected chi connectivity index (χ3v) is 4.67. The maximum Gasteiger partial charge on any atom is 0.320 e. The third-order valence-electron chi connectivity index (χ3n) is 4.67. The Morgan fingerprint density at radius 2 is 1.79 bits per heavy atom. The molecule has 12 heteroatoms. The summed E-state index contributed by atoms with van der Waals surface area (Å²) in [7, 11) is 1.00. The average Bonchev–Trinajstić information content (AvgIpc) is 3.34. The molecule has 10 nitrogen and oxygen atoms in total. The van der Waals surface area contributed by atoms with Crippen LogP contribution in [-0.4, -0.2) is 39.6 Å². The zero-order valence-corrected chi connectivity index (χ0v) is 18.4. The normalized spacial score (nSPS) is 12.9. The lowest BCUT2D eigenvalue weighted by atomic mass is 9.91. The molecule has 0 bridgehead atoms. The molecule has 0 spiro atoms. The second kappa shape index (κ2) is 13.6. The molecular formula is C22H25F2N5O5. The molecule has 0 aliphatic heterocycles. The van der Waals surface area contributed by atoms with Crippen LogP contribution in [0.3, 0.4) is 0 Å². The molecule has 2 heterocycles. The number of benzene rings is 1. The number of aldehydes is 1. The Hall–Kier alpha value is -3.93. The summed E-state index contributed by atoms with van der Waals surface area (Å²) < 4.78 is 31.0. The van der Waals surface area contributed by atoms with Crippen LogP contribution in [0.1, 0.15) is 42.8 Å². The number of H-pyrrole nitrogens is 1. The van der Waals surface area contributed by atoms with Gasteiger partial charge in [0.25, 0.3) is 0 Å². The number of aromatic amines is 1. The minimum atomic E-state index is -1.05. The van der Waals surface area contributed by atoms with E-state index in [1.807, 2.05) is 0 Å². The first kappa shape index (κ1) is 26.3. The first-order valence-corrected chi connectivity index (χ1v) is 10.4. The smallest absolute Gasteiger partial charge is 0.320 e. The molecule has 4 N–H and O–H groups in total. The second-order valence-corrected chi connectivity index (χ2v) is 7.10. The fraction of sp³-hybridized carbons (Fsp3) is 0.318. The van der Waals surface area contributed by atoms with Crippen molar-refractivity contribution in [2.75, 3.05) is 17.7 Å². The van der Waals surface area contributed by atoms with Gasteiger partial charge in [-0.1, -0.05) is 24.4 Å². The van der Waals surface area contributed by atoms with E-state index in [0.717, 1.165) is 38.4 Å². The van der Waals surface area contributed by atoms with Gasteiger partial charge < -0.3 is 29.9 Å². The van der Waals surface area contributed by atoms with Crippen molar-refractivity contribution in [3.63, 3.8) is 0 Å². The van der Waals surface area contributed by atoms with Gasteiger partial charge in [0, 0.05) is 37.0 Å². The minimum absolute atomic E-state index is 0.171. The van der Waals surface area contributed by atoms with Crippen molar-refractivity contribution in [1.82, 2.24) is 15.2 Å². The number of hydrogen-bond donors (Lipinski definition) is 4. The number of anilines is 3. The number of amides is 1. The van der Waals surface area contributed by atoms with Crippen molar-refractivity contribution in [3.8, 4) is 0 Å². The van der Waals surface area contributed by atoms with E-state index in [9.17, 15) is 23.2 Å². The average molecular weight is 477 g/mol. The lowest BCUT2D eigenvalue weighted by molar-refractivity contribution is -0.111. The van der Waals surface area contributed by atoms with E-state index in [1.54, 1.807) is 0 Å². The number of nitrogens with one attached hydrogen (secondary N) is 3. The van der Waals surface area contributed by atoms with Gasteiger partial charge in [0.2, 0.25) is 5.56 Å². The second-order valence-electron chi connectivity index (χ2n) is 7.10. The SMILES string of the molecule is CO.O=C(Nc1ccc(=O)[nH]c1)c1nnc(Nc2ccc(F)c(F)c2)o1.O=CC1CCCCC1. The molecule has 2 aromatic heterocycles. The maximum atomic E-state index is 13.1. The summed E-state index contributed by atoms with van der Waals surface area (Å²) >= 11 is 0. The van der Waals surface area contributed by atoms with Gasteiger partial charge in [-0.3, -0.25) is 9.59 Å². The van der Waals surface area contributed by atoms with E-state index in [-0.39, 0.29) is 23.2 Å². The van der Waals surface area contributed by atoms with Crippen LogP contribution < -0.4 is 16.2 Å². The minimum Gasteiger partial charge on any atom is -0.400 e. The van der Waals surface area contributed by atoms with Crippen LogP contribution in [0.15, 0.2) is 45.7 Å². The molecule has 1 amide bonds. The van der Waals surface area contributed by atoms with E-state index in [1.165, 1.54) is 43.7 Å². The van der Waals surface area contributed by atoms with Gasteiger partial charge in [0.05, 0.1) is 5.69 Å². The number of aromatic nitrogens is 3. The van der Waals surface area contributed by atoms with E-state index < -0.39 is 17.5 Å². The van der Waals surface area contributed by atoms with E-state index in [0.29, 0.717) is 11.6 Å². The van der Waals surface area contributed by atoms with Crippen LogP contribution in [0.25, 0.3) is 0 Å². The Kier molecular flexibility index (Phi) is 10.5. The molecule has 1 aliphatic rings. The van der Waals surface area contributed by atoms with Crippen LogP contribution in [0.5, 0.6) is 0 Å². The van der Waals surface area contributed by atoms with Crippen LogP contribution in [0, 0.1) is 17.6 Å². The van der Waals surface area contributed by atoms with E-state index in [4.69, 9.17) is 9.52 Å². The molecule has 0 atom stereocenters. The van der Waals surface area contributed by atoms with Crippen LogP contribution in [0.2, 0.25) is 0 Å². The number of carbonyl (C=O) groups excluding carboxylic acids is 2. The zero-order valence-electron chi connectivity index (χ0n) is 18.4. The zero-order chi connectivity index (χ0) is 24.9. The Morgan fingerprint density at radius 1 is 1.09 bits per heavy atom. The molecule has 0 radical (unpaired) electrons. The number of hydrogen-bond acceptors (Lipinski definition) is 8. The summed E-state index contributed by atoms with van der Waals surface area (Å²) in [6, 6.07) is 5.56. The Bertz CT molecular complexity index is 1110. The number of rotatable bonds is 5. The summed E-state index contributed by atoms with van der Waals surface area (Å²) in [6.45, 7) is 0. The number of aliphatic hydroxyl groups is 1. The predicted octanol–water partition coefficient (Wildman–Crippen LogP) is 3.41. The lowest BCUT2D eigenvalue weighted by Gasteiger charge is -2.14. The highest BCUT2D eigenvalue weighted by Gasteiger charge is 2.16. The third kappa shape index (κ3) is 8.20. The predicted molar refractivity (Wildman–Crippen MR) is 120 cm³/mol. The fourth-order valence-corrected chi connectivity index (χ4v) is 3.01. The summed E-state index contributed by atoms with van der Waals surface area (Å²) in [5.74, 6) is -2.69. The number of aliphatic hydroxyl groups excluding tert-OH is 1. The highest BCUT2D eigenvalue weighted by atomic mass is 19.2. The first-order chi connectivity index (χ1) is 16.4. The largest absolute Gasteiger partial charge is 0.400 e. The van der Waals surface area contributed by atoms with Gasteiger partial charge in [-0.15, -0.1) is 5.10 Å². The molecule has 34 heavy (non-hydrogen) atoms. The van der Waals surface area contributed by atoms with Gasteiger partial charge in [0.15, 0.2) is 11.6 Å². The topological polar surface area (TPSA) is 150 Å². The van der Waals surface area contributed by atoms with Gasteiger partial charge in [-0.2, -0.15) is 0 Å². The van der Waals surface area contributed by atoms with E-state index >= 15 is 0 Å². The quantitative estimate of drug-likeness (QED) is 0.408. The van der Waals surface area contributed by atoms with Gasteiger partial charge in [0.1, 0.15) is 6.29 Å². The van der Waals surface area contributed by atoms with Gasteiger partial charge in [-0.25, -0.2) is 8.78 Å². The number of nitrogens with zero attached hydrogens (tertiary/aromatic N) is 2. The molecule has 3 aromatic rings. The Morgan fingerprint density at radius 3 is 2.38 bits per heavy atom. The molecule has 0 saturated heterocycles. The van der Waals surface area contributed by atoms with Crippen molar-refractivity contribution in [2.24, 2.45) is 5.92 Å². The van der Waals surface area contributed by atoms with Gasteiger partial charge in [-0.05, 0) is 31.0 Å². The van der Waals surface area contributed by atoms with Crippen LogP contribution in [-0.2, 0) is 4.79 Å². The fourth-order valence-electron chi connectivity index (χ4n) is 3.01. The molecule has 1 saturated carbocycles. The molecule has 182 valence electrons. The Balaban J connectivity index is 0.000000343. The maximum absolute atomic E-state index is 13.1. The van der Waals surface area contributed by atoms with Crippen molar-refractivity contribution in [3.05, 3.63) is 64.4 Å². The first-order valence-electron chi connectivity index (χ1n) is 10.4. The van der Waals surface area contributed by atoms with Crippen LogP contribution in [0.4, 0.5) is 26.2 Å². The summed E-state index contributed by atoms with van der Waals surface area (Å²) in [4.78, 5) is 35.4. The van der Waals surface area contributed by atoms with Crippen LogP contribution >= 0.6 is 0 Å². The van der Waals surface area contributed by atoms with Crippen molar-refractivity contribution in [2.45, 2.75) is 32.1 Å². The highest BCUT2D eigenvalue weighted by Crippen LogP contribution is 2.21. The van der Waals surface area contributed by atoms with Crippen molar-refractivity contribution < 1.29 is 27.9 Å². The summed E-state index contributed by atoms with van der Waals surface area (Å²) in [5, 5.41) is 19.1. The van der Waals surface area contributed by atoms with E-state index in [2.05, 4.69) is 25.8 Å². The number of pyridine rings is 1. The highest BCUT2D eigenvalue weighted by molar-refractivity contribution is 6.00. The monoisotopic (exact) mass is 477 g/mol. The lowest BCUT2D eigenvalue weighted by Crippen LogP contribution is -2.14.